The Bertz CT molecular complexity index is 172. The van der Waals surface area contributed by atoms with Crippen molar-refractivity contribution in [3.8, 4) is 0 Å². The predicted molar refractivity (Wildman–Crippen MR) is 56.2 cm³/mol. The molecule has 82 valence electrons. The lowest BCUT2D eigenvalue weighted by Crippen LogP contribution is -2.39. The maximum Gasteiger partial charge on any atom is 0.133 e. The Labute approximate surface area is 86.1 Å². The molecule has 0 saturated heterocycles. The number of carbonyl (C=O) groups is 1. The van der Waals surface area contributed by atoms with Crippen molar-refractivity contribution in [3.05, 3.63) is 0 Å². The zero-order valence-corrected chi connectivity index (χ0v) is 9.04. The first-order valence-electron chi connectivity index (χ1n) is 5.64. The normalized spacial score (nSPS) is 19.2. The molecule has 1 aliphatic rings. The first-order valence-corrected chi connectivity index (χ1v) is 5.64. The summed E-state index contributed by atoms with van der Waals surface area (Å²) < 4.78 is 0. The highest BCUT2D eigenvalue weighted by atomic mass is 16.3. The predicted octanol–water partition coefficient (Wildman–Crippen LogP) is 1.20. The van der Waals surface area contributed by atoms with Crippen molar-refractivity contribution in [1.82, 2.24) is 4.90 Å². The number of hydrogen-bond donors (Lipinski definition) is 1. The van der Waals surface area contributed by atoms with Crippen molar-refractivity contribution in [2.75, 3.05) is 19.7 Å². The Morgan fingerprint density at radius 3 is 2.57 bits per heavy atom. The average Bonchev–Trinajstić information content (AvgIpc) is 2.21. The van der Waals surface area contributed by atoms with Crippen LogP contribution in [0.4, 0.5) is 0 Å². The Morgan fingerprint density at radius 1 is 1.43 bits per heavy atom. The maximum absolute atomic E-state index is 11.1. The smallest absolute Gasteiger partial charge is 0.133 e. The van der Waals surface area contributed by atoms with Gasteiger partial charge in [-0.2, -0.15) is 0 Å². The van der Waals surface area contributed by atoms with Gasteiger partial charge >= 0.3 is 0 Å². The molecule has 1 N–H and O–H groups in total. The van der Waals surface area contributed by atoms with Crippen LogP contribution >= 0.6 is 0 Å². The Balaban J connectivity index is 2.32. The fourth-order valence-corrected chi connectivity index (χ4v) is 2.16. The van der Waals surface area contributed by atoms with Gasteiger partial charge in [0.2, 0.25) is 0 Å². The second-order valence-electron chi connectivity index (χ2n) is 3.98. The summed E-state index contributed by atoms with van der Waals surface area (Å²) in [7, 11) is 0. The monoisotopic (exact) mass is 199 g/mol. The molecular weight excluding hydrogens is 178 g/mol. The third-order valence-electron chi connectivity index (χ3n) is 3.04. The lowest BCUT2D eigenvalue weighted by Gasteiger charge is -2.32. The number of hydrogen-bond acceptors (Lipinski definition) is 3. The minimum absolute atomic E-state index is 0.266. The Morgan fingerprint density at radius 2 is 2.07 bits per heavy atom. The van der Waals surface area contributed by atoms with Crippen molar-refractivity contribution in [3.63, 3.8) is 0 Å². The van der Waals surface area contributed by atoms with Crippen molar-refractivity contribution in [2.24, 2.45) is 0 Å². The summed E-state index contributed by atoms with van der Waals surface area (Å²) in [6.07, 6.45) is 4.37. The molecule has 3 nitrogen and oxygen atoms in total. The Hall–Kier alpha value is -0.410. The molecule has 0 unspecified atom stereocenters. The largest absolute Gasteiger partial charge is 0.396 e. The van der Waals surface area contributed by atoms with Gasteiger partial charge in [-0.25, -0.2) is 0 Å². The van der Waals surface area contributed by atoms with Crippen LogP contribution < -0.4 is 0 Å². The number of aliphatic hydroxyl groups excluding tert-OH is 1. The number of ketones is 1. The fourth-order valence-electron chi connectivity index (χ4n) is 2.16. The van der Waals surface area contributed by atoms with Gasteiger partial charge in [0.05, 0.1) is 0 Å². The summed E-state index contributed by atoms with van der Waals surface area (Å²) in [5, 5.41) is 8.77. The van der Waals surface area contributed by atoms with E-state index in [9.17, 15) is 4.79 Å². The molecule has 0 heterocycles. The van der Waals surface area contributed by atoms with Gasteiger partial charge < -0.3 is 10.0 Å². The first-order chi connectivity index (χ1) is 6.77. The van der Waals surface area contributed by atoms with E-state index in [-0.39, 0.29) is 6.61 Å². The van der Waals surface area contributed by atoms with Crippen molar-refractivity contribution >= 4 is 5.78 Å². The van der Waals surface area contributed by atoms with Gasteiger partial charge in [-0.1, -0.05) is 6.92 Å². The molecule has 0 bridgehead atoms. The minimum Gasteiger partial charge on any atom is -0.396 e. The first kappa shape index (κ1) is 11.7. The molecule has 0 spiro atoms. The summed E-state index contributed by atoms with van der Waals surface area (Å²) in [6.45, 7) is 4.40. The minimum atomic E-state index is 0.266. The lowest BCUT2D eigenvalue weighted by molar-refractivity contribution is -0.121. The van der Waals surface area contributed by atoms with Crippen LogP contribution in [0.25, 0.3) is 0 Å². The highest BCUT2D eigenvalue weighted by Crippen LogP contribution is 2.20. The van der Waals surface area contributed by atoms with Gasteiger partial charge in [-0.15, -0.1) is 0 Å². The zero-order valence-electron chi connectivity index (χ0n) is 9.04. The number of aliphatic hydroxyl groups is 1. The van der Waals surface area contributed by atoms with Gasteiger partial charge in [0.1, 0.15) is 5.78 Å². The molecule has 1 aliphatic carbocycles. The summed E-state index contributed by atoms with van der Waals surface area (Å²) in [5.41, 5.74) is 0. The van der Waals surface area contributed by atoms with E-state index in [0.29, 0.717) is 11.8 Å². The molecule has 0 amide bonds. The molecule has 0 aromatic carbocycles. The lowest BCUT2D eigenvalue weighted by atomic mass is 9.93. The second-order valence-corrected chi connectivity index (χ2v) is 3.98. The summed E-state index contributed by atoms with van der Waals surface area (Å²) in [5.74, 6) is 0.416. The van der Waals surface area contributed by atoms with Crippen LogP contribution in [0.2, 0.25) is 0 Å². The molecule has 1 saturated carbocycles. The van der Waals surface area contributed by atoms with E-state index >= 15 is 0 Å². The molecule has 1 fully saturated rings. The van der Waals surface area contributed by atoms with E-state index in [1.165, 1.54) is 0 Å². The van der Waals surface area contributed by atoms with Crippen LogP contribution in [0, 0.1) is 0 Å². The average molecular weight is 199 g/mol. The van der Waals surface area contributed by atoms with Gasteiger partial charge in [0, 0.05) is 32.0 Å². The van der Waals surface area contributed by atoms with Crippen LogP contribution in [-0.2, 0) is 4.79 Å². The fraction of sp³-hybridized carbons (Fsp3) is 0.909. The van der Waals surface area contributed by atoms with Gasteiger partial charge in [-0.3, -0.25) is 4.79 Å². The molecule has 0 radical (unpaired) electrons. The van der Waals surface area contributed by atoms with Crippen molar-refractivity contribution < 1.29 is 9.90 Å². The Kier molecular flexibility index (Phi) is 5.12. The van der Waals surface area contributed by atoms with E-state index in [1.54, 1.807) is 0 Å². The second kappa shape index (κ2) is 6.14. The van der Waals surface area contributed by atoms with E-state index in [4.69, 9.17) is 5.11 Å². The van der Waals surface area contributed by atoms with E-state index in [2.05, 4.69) is 11.8 Å². The topological polar surface area (TPSA) is 40.5 Å². The molecule has 14 heavy (non-hydrogen) atoms. The number of Topliss-reactive ketones (excluding diaryl/α,β-unsaturated/α-hetero) is 1. The highest BCUT2D eigenvalue weighted by Gasteiger charge is 2.22. The third-order valence-corrected chi connectivity index (χ3v) is 3.04. The SMILES string of the molecule is CCN(CCCO)C1CCC(=O)CC1. The molecule has 0 aliphatic heterocycles. The molecule has 1 rings (SSSR count). The van der Waals surface area contributed by atoms with Gasteiger partial charge in [0.15, 0.2) is 0 Å². The van der Waals surface area contributed by atoms with Crippen LogP contribution in [0.5, 0.6) is 0 Å². The number of rotatable bonds is 5. The van der Waals surface area contributed by atoms with Crippen LogP contribution in [-0.4, -0.2) is 41.5 Å². The van der Waals surface area contributed by atoms with Crippen molar-refractivity contribution in [1.29, 1.82) is 0 Å². The molecule has 0 atom stereocenters. The molecule has 0 aromatic heterocycles. The summed E-state index contributed by atoms with van der Waals surface area (Å²) in [6, 6.07) is 0.573. The number of nitrogens with zero attached hydrogens (tertiary/aromatic N) is 1. The summed E-state index contributed by atoms with van der Waals surface area (Å²) in [4.78, 5) is 13.5. The van der Waals surface area contributed by atoms with Crippen LogP contribution in [0.3, 0.4) is 0 Å². The zero-order chi connectivity index (χ0) is 10.4. The molecular formula is C11H21NO2. The van der Waals surface area contributed by atoms with Gasteiger partial charge in [0.25, 0.3) is 0 Å². The standard InChI is InChI=1S/C11H21NO2/c1-2-12(8-3-9-13)10-4-6-11(14)7-5-10/h10,13H,2-9H2,1H3. The molecule has 0 aromatic rings. The van der Waals surface area contributed by atoms with Crippen LogP contribution in [0.15, 0.2) is 0 Å². The van der Waals surface area contributed by atoms with E-state index in [1.807, 2.05) is 0 Å². The maximum atomic E-state index is 11.1. The summed E-state index contributed by atoms with van der Waals surface area (Å²) >= 11 is 0. The van der Waals surface area contributed by atoms with Gasteiger partial charge in [-0.05, 0) is 25.8 Å². The third kappa shape index (κ3) is 3.39. The van der Waals surface area contributed by atoms with E-state index < -0.39 is 0 Å². The molecule has 3 heteroatoms. The van der Waals surface area contributed by atoms with Crippen molar-refractivity contribution in [2.45, 2.75) is 45.1 Å². The van der Waals surface area contributed by atoms with Crippen LogP contribution in [0.1, 0.15) is 39.0 Å². The quantitative estimate of drug-likeness (QED) is 0.723. The van der Waals surface area contributed by atoms with E-state index in [0.717, 1.165) is 45.2 Å². The number of carbonyl (C=O) groups excluding carboxylic acids is 1. The highest BCUT2D eigenvalue weighted by molar-refractivity contribution is 5.79.